The van der Waals surface area contributed by atoms with Gasteiger partial charge in [0.05, 0.1) is 25.2 Å². The van der Waals surface area contributed by atoms with Gasteiger partial charge in [-0.3, -0.25) is 9.69 Å². The molecule has 0 radical (unpaired) electrons. The molecule has 1 saturated heterocycles. The van der Waals surface area contributed by atoms with Gasteiger partial charge in [-0.2, -0.15) is 0 Å². The average molecular weight is 483 g/mol. The second-order valence-electron chi connectivity index (χ2n) is 9.12. The number of aliphatic hydroxyl groups excluding tert-OH is 1. The van der Waals surface area contributed by atoms with Crippen molar-refractivity contribution in [3.8, 4) is 0 Å². The van der Waals surface area contributed by atoms with E-state index >= 15 is 0 Å². The lowest BCUT2D eigenvalue weighted by molar-refractivity contribution is -0.130. The highest BCUT2D eigenvalue weighted by Crippen LogP contribution is 2.33. The molecule has 0 spiro atoms. The molecule has 6 nitrogen and oxygen atoms in total. The second kappa shape index (κ2) is 9.31. The van der Waals surface area contributed by atoms with Crippen molar-refractivity contribution in [3.05, 3.63) is 88.4 Å². The number of hydrogen-bond acceptors (Lipinski definition) is 5. The maximum Gasteiger partial charge on any atom is 0.259 e. The van der Waals surface area contributed by atoms with Gasteiger partial charge in [-0.05, 0) is 65.9 Å². The Morgan fingerprint density at radius 1 is 1.11 bits per heavy atom. The molecular weight excluding hydrogens is 459 g/mol. The van der Waals surface area contributed by atoms with Crippen LogP contribution in [0.4, 0.5) is 24.7 Å². The van der Waals surface area contributed by atoms with Crippen LogP contribution in [0, 0.1) is 22.9 Å². The number of rotatable bonds is 7. The van der Waals surface area contributed by atoms with E-state index in [0.717, 1.165) is 29.9 Å². The zero-order valence-corrected chi connectivity index (χ0v) is 18.9. The second-order valence-corrected chi connectivity index (χ2v) is 9.12. The van der Waals surface area contributed by atoms with Gasteiger partial charge in [-0.15, -0.1) is 0 Å². The molecule has 35 heavy (non-hydrogen) atoms. The number of pyridine rings is 1. The standard InChI is InChI=1S/C26H24F3N3O3/c27-20-9-17(10-21(28)24(20)29)8-16-4-6-31-23(11-16)32(12-26(13-33)14-35-15-26)25(34)19-2-1-3-22-18(19)5-7-30-22/h1-4,6,9-11,30,33H,5,7-8,12-15H2. The summed E-state index contributed by atoms with van der Waals surface area (Å²) in [6.45, 7) is 1.41. The fourth-order valence-corrected chi connectivity index (χ4v) is 4.57. The number of carbonyl (C=O) groups excluding carboxylic acids is 1. The Labute approximate surface area is 200 Å². The highest BCUT2D eigenvalue weighted by Gasteiger charge is 2.42. The highest BCUT2D eigenvalue weighted by molar-refractivity contribution is 6.07. The predicted molar refractivity (Wildman–Crippen MR) is 124 cm³/mol. The van der Waals surface area contributed by atoms with Crippen molar-refractivity contribution in [1.82, 2.24) is 4.98 Å². The van der Waals surface area contributed by atoms with Gasteiger partial charge in [0, 0.05) is 30.5 Å². The summed E-state index contributed by atoms with van der Waals surface area (Å²) in [5.41, 5.74) is 2.69. The topological polar surface area (TPSA) is 74.7 Å². The molecule has 0 unspecified atom stereocenters. The van der Waals surface area contributed by atoms with Crippen LogP contribution in [0.2, 0.25) is 0 Å². The monoisotopic (exact) mass is 483 g/mol. The summed E-state index contributed by atoms with van der Waals surface area (Å²) in [6, 6.07) is 10.8. The van der Waals surface area contributed by atoms with Crippen molar-refractivity contribution in [2.24, 2.45) is 5.41 Å². The Morgan fingerprint density at radius 3 is 2.57 bits per heavy atom. The highest BCUT2D eigenvalue weighted by atomic mass is 19.2. The van der Waals surface area contributed by atoms with Gasteiger partial charge < -0.3 is 15.2 Å². The fraction of sp³-hybridized carbons (Fsp3) is 0.308. The molecule has 1 amide bonds. The predicted octanol–water partition coefficient (Wildman–Crippen LogP) is 3.71. The molecule has 3 heterocycles. The van der Waals surface area contributed by atoms with Crippen LogP contribution in [0.25, 0.3) is 0 Å². The van der Waals surface area contributed by atoms with Crippen LogP contribution in [-0.2, 0) is 17.6 Å². The summed E-state index contributed by atoms with van der Waals surface area (Å²) in [5, 5.41) is 13.3. The van der Waals surface area contributed by atoms with E-state index in [1.54, 1.807) is 18.2 Å². The number of aliphatic hydroxyl groups is 1. The van der Waals surface area contributed by atoms with E-state index in [0.29, 0.717) is 36.6 Å². The largest absolute Gasteiger partial charge is 0.396 e. The maximum absolute atomic E-state index is 13.8. The number of anilines is 2. The minimum atomic E-state index is -1.51. The van der Waals surface area contributed by atoms with Gasteiger partial charge in [0.25, 0.3) is 5.91 Å². The van der Waals surface area contributed by atoms with Crippen molar-refractivity contribution in [1.29, 1.82) is 0 Å². The van der Waals surface area contributed by atoms with Gasteiger partial charge in [0.15, 0.2) is 17.5 Å². The summed E-state index contributed by atoms with van der Waals surface area (Å²) in [4.78, 5) is 19.8. The molecule has 5 rings (SSSR count). The average Bonchev–Trinajstić information content (AvgIpc) is 3.31. The molecule has 9 heteroatoms. The number of nitrogens with zero attached hydrogens (tertiary/aromatic N) is 2. The molecule has 0 saturated carbocycles. The number of nitrogens with one attached hydrogen (secondary N) is 1. The number of amides is 1. The fourth-order valence-electron chi connectivity index (χ4n) is 4.57. The van der Waals surface area contributed by atoms with E-state index in [9.17, 15) is 23.1 Å². The quantitative estimate of drug-likeness (QED) is 0.502. The Bertz CT molecular complexity index is 1250. The number of hydrogen-bond donors (Lipinski definition) is 2. The molecule has 0 bridgehead atoms. The molecule has 2 aromatic carbocycles. The van der Waals surface area contributed by atoms with Crippen molar-refractivity contribution >= 4 is 17.4 Å². The molecule has 2 aliphatic heterocycles. The van der Waals surface area contributed by atoms with Crippen LogP contribution in [0.15, 0.2) is 48.7 Å². The SMILES string of the molecule is O=C(c1cccc2c1CCN2)N(CC1(CO)COC1)c1cc(Cc2cc(F)c(F)c(F)c2)ccn1. The first-order valence-electron chi connectivity index (χ1n) is 11.3. The van der Waals surface area contributed by atoms with Crippen molar-refractivity contribution in [2.45, 2.75) is 12.8 Å². The van der Waals surface area contributed by atoms with Gasteiger partial charge in [-0.25, -0.2) is 18.2 Å². The Hall–Kier alpha value is -3.43. The first-order chi connectivity index (χ1) is 16.9. The van der Waals surface area contributed by atoms with Crippen LogP contribution in [0.1, 0.15) is 27.0 Å². The van der Waals surface area contributed by atoms with E-state index in [2.05, 4.69) is 10.3 Å². The van der Waals surface area contributed by atoms with Gasteiger partial charge in [-0.1, -0.05) is 6.07 Å². The smallest absolute Gasteiger partial charge is 0.259 e. The van der Waals surface area contributed by atoms with E-state index in [4.69, 9.17) is 4.74 Å². The lowest BCUT2D eigenvalue weighted by Crippen LogP contribution is -2.55. The Morgan fingerprint density at radius 2 is 1.89 bits per heavy atom. The third-order valence-corrected chi connectivity index (χ3v) is 6.53. The van der Waals surface area contributed by atoms with Crippen LogP contribution in [0.5, 0.6) is 0 Å². The Balaban J connectivity index is 1.50. The van der Waals surface area contributed by atoms with Crippen molar-refractivity contribution in [2.75, 3.05) is 43.1 Å². The molecule has 3 aromatic rings. The van der Waals surface area contributed by atoms with E-state index in [1.165, 1.54) is 11.1 Å². The lowest BCUT2D eigenvalue weighted by Gasteiger charge is -2.43. The molecule has 1 aromatic heterocycles. The van der Waals surface area contributed by atoms with E-state index < -0.39 is 22.9 Å². The maximum atomic E-state index is 13.8. The van der Waals surface area contributed by atoms with Crippen molar-refractivity contribution < 1.29 is 27.8 Å². The van der Waals surface area contributed by atoms with E-state index in [-0.39, 0.29) is 31.0 Å². The third kappa shape index (κ3) is 4.49. The molecule has 2 N–H and O–H groups in total. The lowest BCUT2D eigenvalue weighted by atomic mass is 9.86. The number of ether oxygens (including phenoxy) is 1. The minimum absolute atomic E-state index is 0.116. The van der Waals surface area contributed by atoms with Crippen LogP contribution in [-0.4, -0.2) is 48.9 Å². The van der Waals surface area contributed by atoms with E-state index in [1.807, 2.05) is 12.1 Å². The van der Waals surface area contributed by atoms with Crippen LogP contribution < -0.4 is 10.2 Å². The molecule has 1 fully saturated rings. The number of fused-ring (bicyclic) bond motifs is 1. The first kappa shape index (κ1) is 23.3. The third-order valence-electron chi connectivity index (χ3n) is 6.53. The summed E-state index contributed by atoms with van der Waals surface area (Å²) < 4.78 is 46.1. The van der Waals surface area contributed by atoms with Crippen LogP contribution in [0.3, 0.4) is 0 Å². The van der Waals surface area contributed by atoms with Gasteiger partial charge in [0.2, 0.25) is 0 Å². The molecule has 0 aliphatic carbocycles. The van der Waals surface area contributed by atoms with Gasteiger partial charge >= 0.3 is 0 Å². The molecule has 182 valence electrons. The summed E-state index contributed by atoms with van der Waals surface area (Å²) in [7, 11) is 0. The normalized spacial score (nSPS) is 15.8. The Kier molecular flexibility index (Phi) is 6.21. The number of halogens is 3. The number of aromatic nitrogens is 1. The zero-order chi connectivity index (χ0) is 24.6. The molecule has 0 atom stereocenters. The molecule has 2 aliphatic rings. The summed E-state index contributed by atoms with van der Waals surface area (Å²) >= 11 is 0. The minimum Gasteiger partial charge on any atom is -0.396 e. The zero-order valence-electron chi connectivity index (χ0n) is 18.9. The number of carbonyl (C=O) groups is 1. The molecular formula is C26H24F3N3O3. The van der Waals surface area contributed by atoms with Crippen LogP contribution >= 0.6 is 0 Å². The summed E-state index contributed by atoms with van der Waals surface area (Å²) in [6.07, 6.45) is 2.35. The van der Waals surface area contributed by atoms with Gasteiger partial charge in [0.1, 0.15) is 5.82 Å². The van der Waals surface area contributed by atoms with Crippen molar-refractivity contribution in [3.63, 3.8) is 0 Å². The first-order valence-corrected chi connectivity index (χ1v) is 11.3. The summed E-state index contributed by atoms with van der Waals surface area (Å²) in [5.74, 6) is -3.93. The number of benzene rings is 2.